The molecule has 1 atom stereocenters. The molecule has 0 saturated carbocycles. The van der Waals surface area contributed by atoms with Crippen LogP contribution < -0.4 is 10.1 Å². The minimum atomic E-state index is -0.161. The highest BCUT2D eigenvalue weighted by atomic mass is 35.5. The van der Waals surface area contributed by atoms with Gasteiger partial charge in [-0.15, -0.1) is 0 Å². The maximum atomic E-state index is 7.70. The highest BCUT2D eigenvalue weighted by molar-refractivity contribution is 6.33. The molecule has 1 aliphatic heterocycles. The van der Waals surface area contributed by atoms with Crippen molar-refractivity contribution >= 4 is 34.3 Å². The van der Waals surface area contributed by atoms with E-state index < -0.39 is 0 Å². The van der Waals surface area contributed by atoms with Crippen LogP contribution >= 0.6 is 11.6 Å². The van der Waals surface area contributed by atoms with Crippen molar-refractivity contribution in [2.24, 2.45) is 0 Å². The summed E-state index contributed by atoms with van der Waals surface area (Å²) in [6.45, 7) is 17.1. The van der Waals surface area contributed by atoms with Gasteiger partial charge in [-0.25, -0.2) is 19.8 Å². The minimum Gasteiger partial charge on any atom is -0.495 e. The van der Waals surface area contributed by atoms with Gasteiger partial charge in [0.2, 0.25) is 5.69 Å². The number of nitrogens with zero attached hydrogens (tertiary/aromatic N) is 5. The second-order valence-corrected chi connectivity index (χ2v) is 7.73. The first-order valence-electron chi connectivity index (χ1n) is 10.1. The summed E-state index contributed by atoms with van der Waals surface area (Å²) in [6.07, 6.45) is 3.08. The number of ether oxygens (including phenoxy) is 1. The Hall–Kier alpha value is -2.89. The van der Waals surface area contributed by atoms with Crippen molar-refractivity contribution in [1.82, 2.24) is 24.8 Å². The lowest BCUT2D eigenvalue weighted by atomic mass is 9.87. The summed E-state index contributed by atoms with van der Waals surface area (Å²) in [5.74, 6) is 1.64. The van der Waals surface area contributed by atoms with E-state index in [1.165, 1.54) is 6.33 Å². The zero-order valence-electron chi connectivity index (χ0n) is 17.2. The Morgan fingerprint density at radius 2 is 2.17 bits per heavy atom. The summed E-state index contributed by atoms with van der Waals surface area (Å²) in [4.78, 5) is 21.9. The van der Waals surface area contributed by atoms with Gasteiger partial charge in [0.25, 0.3) is 0 Å². The van der Waals surface area contributed by atoms with E-state index in [1.807, 2.05) is 19.9 Å². The number of rotatable bonds is 7. The Balaban J connectivity index is 1.76. The number of halogens is 1. The number of hydrogen-bond donors (Lipinski definition) is 2. The molecule has 30 heavy (non-hydrogen) atoms. The van der Waals surface area contributed by atoms with Gasteiger partial charge in [0.1, 0.15) is 17.6 Å². The molecule has 156 valence electrons. The van der Waals surface area contributed by atoms with E-state index in [0.717, 1.165) is 42.0 Å². The number of likely N-dealkylation sites (N-methyl/N-ethyl adjacent to an activating group) is 1. The van der Waals surface area contributed by atoms with Crippen LogP contribution in [0.2, 0.25) is 5.02 Å². The molecule has 0 bridgehead atoms. The lowest BCUT2D eigenvalue weighted by molar-refractivity contribution is 0.154. The van der Waals surface area contributed by atoms with Gasteiger partial charge in [-0.3, -0.25) is 0 Å². The van der Waals surface area contributed by atoms with Crippen LogP contribution in [-0.2, 0) is 0 Å². The number of H-pyrrole nitrogens is 1. The van der Waals surface area contributed by atoms with E-state index in [-0.39, 0.29) is 12.0 Å². The van der Waals surface area contributed by atoms with Crippen LogP contribution in [0, 0.1) is 6.57 Å². The largest absolute Gasteiger partial charge is 0.495 e. The lowest BCUT2D eigenvalue weighted by Gasteiger charge is -2.40. The van der Waals surface area contributed by atoms with Gasteiger partial charge in [0, 0.05) is 35.2 Å². The first kappa shape index (κ1) is 20.4. The number of fused-ring (bicyclic) bond motifs is 1. The number of anilines is 1. The molecule has 1 aliphatic rings. The second kappa shape index (κ2) is 8.46. The fraction of sp³-hybridized carbons (Fsp3) is 0.429. The molecule has 1 unspecified atom stereocenters. The molecule has 2 N–H and O–H groups in total. The van der Waals surface area contributed by atoms with Gasteiger partial charge in [-0.05, 0) is 26.5 Å². The molecule has 4 rings (SSSR count). The summed E-state index contributed by atoms with van der Waals surface area (Å²) in [7, 11) is 0. The van der Waals surface area contributed by atoms with Crippen LogP contribution in [0.1, 0.15) is 43.9 Å². The summed E-state index contributed by atoms with van der Waals surface area (Å²) < 4.78 is 6.11. The third kappa shape index (κ3) is 3.55. The highest BCUT2D eigenvalue weighted by Crippen LogP contribution is 2.47. The van der Waals surface area contributed by atoms with Crippen LogP contribution in [0.5, 0.6) is 5.75 Å². The van der Waals surface area contributed by atoms with E-state index in [0.29, 0.717) is 28.8 Å². The van der Waals surface area contributed by atoms with Gasteiger partial charge in [-0.1, -0.05) is 18.5 Å². The molecule has 0 radical (unpaired) electrons. The summed E-state index contributed by atoms with van der Waals surface area (Å²) >= 11 is 6.57. The number of imidazole rings is 1. The Morgan fingerprint density at radius 1 is 1.37 bits per heavy atom. The van der Waals surface area contributed by atoms with Crippen molar-refractivity contribution in [2.75, 3.05) is 31.6 Å². The molecular weight excluding hydrogens is 402 g/mol. The van der Waals surface area contributed by atoms with Gasteiger partial charge < -0.3 is 19.9 Å². The molecule has 0 aliphatic carbocycles. The third-order valence-corrected chi connectivity index (χ3v) is 5.81. The van der Waals surface area contributed by atoms with Crippen molar-refractivity contribution in [3.63, 3.8) is 0 Å². The van der Waals surface area contributed by atoms with Crippen molar-refractivity contribution in [1.29, 1.82) is 0 Å². The number of benzene rings is 1. The van der Waals surface area contributed by atoms with Gasteiger partial charge in [0.15, 0.2) is 11.5 Å². The van der Waals surface area contributed by atoms with E-state index in [1.54, 1.807) is 6.33 Å². The quantitative estimate of drug-likeness (QED) is 0.540. The van der Waals surface area contributed by atoms with Crippen LogP contribution in [0.25, 0.3) is 16.0 Å². The number of likely N-dealkylation sites (tertiary alicyclic amines) is 1. The summed E-state index contributed by atoms with van der Waals surface area (Å²) in [5.41, 5.74) is 3.66. The minimum absolute atomic E-state index is 0.161. The number of nitrogens with one attached hydrogen (secondary N) is 2. The molecule has 9 heteroatoms. The molecule has 0 spiro atoms. The van der Waals surface area contributed by atoms with Gasteiger partial charge in [-0.2, -0.15) is 0 Å². The highest BCUT2D eigenvalue weighted by Gasteiger charge is 2.34. The van der Waals surface area contributed by atoms with Crippen LogP contribution in [0.3, 0.4) is 0 Å². The zero-order valence-corrected chi connectivity index (χ0v) is 18.0. The standard InChI is InChI=1S/C21H24ClN7O/c1-5-29-8-13(9-29)16-17(23-4)15(22)7-14(19(16)30-6-2)12(3)28-21-18-20(25-10-24-18)26-11-27-21/h7,10-13H,5-6,8-9H2,1-3H3,(H2,24,25,26,27,28). The van der Waals surface area contributed by atoms with Crippen LogP contribution in [-0.4, -0.2) is 51.1 Å². The second-order valence-electron chi connectivity index (χ2n) is 7.32. The van der Waals surface area contributed by atoms with E-state index in [4.69, 9.17) is 22.9 Å². The average Bonchev–Trinajstić information content (AvgIpc) is 3.19. The monoisotopic (exact) mass is 425 g/mol. The molecular formula is C21H24ClN7O. The summed E-state index contributed by atoms with van der Waals surface area (Å²) in [6, 6.07) is 1.68. The molecule has 3 heterocycles. The predicted octanol–water partition coefficient (Wildman–Crippen LogP) is 4.55. The fourth-order valence-corrected chi connectivity index (χ4v) is 4.21. The van der Waals surface area contributed by atoms with Crippen molar-refractivity contribution in [2.45, 2.75) is 32.7 Å². The average molecular weight is 426 g/mol. The van der Waals surface area contributed by atoms with Crippen molar-refractivity contribution < 1.29 is 4.74 Å². The molecule has 3 aromatic rings. The Kier molecular flexibility index (Phi) is 5.75. The van der Waals surface area contributed by atoms with Crippen molar-refractivity contribution in [3.05, 3.63) is 46.3 Å². The number of hydrogen-bond acceptors (Lipinski definition) is 6. The Bertz CT molecular complexity index is 1100. The molecule has 8 nitrogen and oxygen atoms in total. The normalized spacial score (nSPS) is 15.6. The van der Waals surface area contributed by atoms with Crippen molar-refractivity contribution in [3.8, 4) is 5.75 Å². The smallest absolute Gasteiger partial charge is 0.212 e. The fourth-order valence-electron chi connectivity index (χ4n) is 3.95. The zero-order chi connectivity index (χ0) is 21.3. The lowest BCUT2D eigenvalue weighted by Crippen LogP contribution is -2.44. The first-order chi connectivity index (χ1) is 14.6. The maximum Gasteiger partial charge on any atom is 0.212 e. The predicted molar refractivity (Wildman–Crippen MR) is 117 cm³/mol. The molecule has 1 aromatic carbocycles. The van der Waals surface area contributed by atoms with Gasteiger partial charge >= 0.3 is 0 Å². The van der Waals surface area contributed by atoms with E-state index in [2.05, 4.69) is 41.9 Å². The first-order valence-corrected chi connectivity index (χ1v) is 10.4. The number of aromatic nitrogens is 4. The summed E-state index contributed by atoms with van der Waals surface area (Å²) in [5, 5.41) is 3.88. The number of aromatic amines is 1. The molecule has 0 amide bonds. The maximum absolute atomic E-state index is 7.70. The molecule has 2 aromatic heterocycles. The van der Waals surface area contributed by atoms with Crippen LogP contribution in [0.4, 0.5) is 11.5 Å². The SMILES string of the molecule is [C-]#[N+]c1c(Cl)cc(C(C)Nc2ncnc3nc[nH]c23)c(OCC)c1C1CN(CC)C1. The van der Waals surface area contributed by atoms with E-state index >= 15 is 0 Å². The molecule has 1 saturated heterocycles. The molecule has 1 fully saturated rings. The van der Waals surface area contributed by atoms with E-state index in [9.17, 15) is 0 Å². The van der Waals surface area contributed by atoms with Gasteiger partial charge in [0.05, 0.1) is 25.5 Å². The Morgan fingerprint density at radius 3 is 2.87 bits per heavy atom. The third-order valence-electron chi connectivity index (χ3n) is 5.53. The topological polar surface area (TPSA) is 83.3 Å². The Labute approximate surface area is 180 Å². The van der Waals surface area contributed by atoms with Crippen LogP contribution in [0.15, 0.2) is 18.7 Å².